The van der Waals surface area contributed by atoms with Gasteiger partial charge in [0.25, 0.3) is 0 Å². The van der Waals surface area contributed by atoms with Crippen LogP contribution in [0.2, 0.25) is 0 Å². The van der Waals surface area contributed by atoms with Crippen molar-refractivity contribution in [3.05, 3.63) is 53.4 Å². The molecule has 0 aliphatic carbocycles. The maximum atomic E-state index is 13.3. The van der Waals surface area contributed by atoms with Crippen molar-refractivity contribution in [2.24, 2.45) is 0 Å². The minimum absolute atomic E-state index is 0.198. The molecule has 1 fully saturated rings. The predicted octanol–water partition coefficient (Wildman–Crippen LogP) is 4.58. The van der Waals surface area contributed by atoms with Crippen molar-refractivity contribution in [3.8, 4) is 22.8 Å². The van der Waals surface area contributed by atoms with Gasteiger partial charge in [-0.2, -0.15) is 0 Å². The Kier molecular flexibility index (Phi) is 6.20. The molecule has 1 aromatic heterocycles. The quantitative estimate of drug-likeness (QED) is 0.539. The third kappa shape index (κ3) is 4.27. The number of hydrogen-bond donors (Lipinski definition) is 0. The van der Waals surface area contributed by atoms with Crippen molar-refractivity contribution in [2.75, 3.05) is 32.2 Å². The van der Waals surface area contributed by atoms with E-state index in [0.29, 0.717) is 37.4 Å². The Morgan fingerprint density at radius 1 is 1.06 bits per heavy atom. The molecule has 0 atom stereocenters. The molecular formula is C23H26N2O4S2. The molecule has 1 aliphatic rings. The lowest BCUT2D eigenvalue weighted by molar-refractivity contribution is 0.391. The highest BCUT2D eigenvalue weighted by Crippen LogP contribution is 2.36. The number of aryl methyl sites for hydroxylation is 1. The number of ether oxygens (including phenoxy) is 2. The number of hydrogen-bond acceptors (Lipinski definition) is 7. The van der Waals surface area contributed by atoms with Crippen molar-refractivity contribution in [2.45, 2.75) is 29.9 Å². The van der Waals surface area contributed by atoms with E-state index in [1.54, 1.807) is 29.5 Å². The second-order valence-corrected chi connectivity index (χ2v) is 10.6. The van der Waals surface area contributed by atoms with Crippen LogP contribution in [0.5, 0.6) is 11.5 Å². The molecule has 2 heterocycles. The number of methoxy groups -OCH3 is 2. The molecule has 0 unspecified atom stereocenters. The van der Waals surface area contributed by atoms with E-state index in [2.05, 4.69) is 29.3 Å². The van der Waals surface area contributed by atoms with E-state index in [9.17, 15) is 8.42 Å². The third-order valence-electron chi connectivity index (χ3n) is 5.74. The topological polar surface area (TPSA) is 68.7 Å². The fraction of sp³-hybridized carbons (Fsp3) is 0.348. The zero-order valence-corrected chi connectivity index (χ0v) is 19.5. The predicted molar refractivity (Wildman–Crippen MR) is 124 cm³/mol. The van der Waals surface area contributed by atoms with Crippen molar-refractivity contribution < 1.29 is 17.9 Å². The monoisotopic (exact) mass is 458 g/mol. The molecule has 0 N–H and O–H groups in total. The summed E-state index contributed by atoms with van der Waals surface area (Å²) in [5.41, 5.74) is 3.29. The Balaban J connectivity index is 1.50. The minimum atomic E-state index is -3.54. The van der Waals surface area contributed by atoms with E-state index < -0.39 is 15.1 Å². The molecule has 1 aliphatic heterocycles. The van der Waals surface area contributed by atoms with Crippen LogP contribution in [0.4, 0.5) is 5.13 Å². The lowest BCUT2D eigenvalue weighted by atomic mass is 10.1. The van der Waals surface area contributed by atoms with Gasteiger partial charge in [0, 0.05) is 30.1 Å². The highest BCUT2D eigenvalue weighted by molar-refractivity contribution is 7.92. The molecule has 0 spiro atoms. The molecule has 0 bridgehead atoms. The van der Waals surface area contributed by atoms with E-state index in [1.165, 1.54) is 19.8 Å². The van der Waals surface area contributed by atoms with E-state index >= 15 is 0 Å². The summed E-state index contributed by atoms with van der Waals surface area (Å²) in [6, 6.07) is 13.1. The zero-order valence-electron chi connectivity index (χ0n) is 17.9. The Bertz CT molecular complexity index is 1170. The minimum Gasteiger partial charge on any atom is -0.497 e. The second kappa shape index (κ2) is 8.88. The van der Waals surface area contributed by atoms with Gasteiger partial charge in [0.1, 0.15) is 16.4 Å². The van der Waals surface area contributed by atoms with Crippen molar-refractivity contribution in [1.82, 2.24) is 4.98 Å². The van der Waals surface area contributed by atoms with Crippen molar-refractivity contribution in [1.29, 1.82) is 0 Å². The first-order chi connectivity index (χ1) is 14.9. The van der Waals surface area contributed by atoms with Crippen LogP contribution in [0, 0.1) is 6.92 Å². The molecule has 6 nitrogen and oxygen atoms in total. The summed E-state index contributed by atoms with van der Waals surface area (Å²) in [6.07, 6.45) is 1.09. The molecule has 4 rings (SSSR count). The molecule has 3 aromatic rings. The number of nitrogens with zero attached hydrogens (tertiary/aromatic N) is 2. The van der Waals surface area contributed by atoms with Gasteiger partial charge in [0.2, 0.25) is 0 Å². The van der Waals surface area contributed by atoms with Crippen LogP contribution in [0.3, 0.4) is 0 Å². The summed E-state index contributed by atoms with van der Waals surface area (Å²) >= 11 is 1.60. The average molecular weight is 459 g/mol. The zero-order chi connectivity index (χ0) is 22.0. The highest BCUT2D eigenvalue weighted by atomic mass is 32.2. The van der Waals surface area contributed by atoms with Crippen molar-refractivity contribution in [3.63, 3.8) is 0 Å². The molecule has 0 saturated carbocycles. The Hall–Kier alpha value is -2.58. The van der Waals surface area contributed by atoms with Gasteiger partial charge in [-0.15, -0.1) is 11.3 Å². The molecule has 0 amide bonds. The van der Waals surface area contributed by atoms with Gasteiger partial charge in [0.15, 0.2) is 15.0 Å². The summed E-state index contributed by atoms with van der Waals surface area (Å²) in [6.45, 7) is 3.38. The average Bonchev–Trinajstić information content (AvgIpc) is 3.29. The van der Waals surface area contributed by atoms with Crippen LogP contribution in [0.25, 0.3) is 11.3 Å². The lowest BCUT2D eigenvalue weighted by Gasteiger charge is -2.31. The van der Waals surface area contributed by atoms with Gasteiger partial charge >= 0.3 is 0 Å². The van der Waals surface area contributed by atoms with Gasteiger partial charge in [-0.3, -0.25) is 0 Å². The maximum absolute atomic E-state index is 13.3. The maximum Gasteiger partial charge on any atom is 0.185 e. The first-order valence-electron chi connectivity index (χ1n) is 10.2. The van der Waals surface area contributed by atoms with Gasteiger partial charge in [-0.05, 0) is 37.5 Å². The van der Waals surface area contributed by atoms with Crippen molar-refractivity contribution >= 4 is 26.3 Å². The summed E-state index contributed by atoms with van der Waals surface area (Å²) in [5.74, 6) is 0.856. The first kappa shape index (κ1) is 21.6. The number of piperidine rings is 1. The number of aromatic nitrogens is 1. The van der Waals surface area contributed by atoms with E-state index in [1.807, 2.05) is 12.1 Å². The van der Waals surface area contributed by atoms with E-state index in [4.69, 9.17) is 14.5 Å². The standard InChI is InChI=1S/C23H26N2O4S2/c1-16-6-4-5-7-19(16)20-15-30-23(24-20)25-12-10-18(11-13-25)31(26,27)22-14-17(28-2)8-9-21(22)29-3/h4-9,14-15,18H,10-13H2,1-3H3. The lowest BCUT2D eigenvalue weighted by Crippen LogP contribution is -2.39. The van der Waals surface area contributed by atoms with Crippen LogP contribution in [-0.2, 0) is 9.84 Å². The van der Waals surface area contributed by atoms with Crippen LogP contribution >= 0.6 is 11.3 Å². The Morgan fingerprint density at radius 2 is 1.81 bits per heavy atom. The van der Waals surface area contributed by atoms with Crippen LogP contribution in [-0.4, -0.2) is 46.0 Å². The number of benzene rings is 2. The molecule has 8 heteroatoms. The molecule has 0 radical (unpaired) electrons. The third-order valence-corrected chi connectivity index (χ3v) is 8.92. The van der Waals surface area contributed by atoms with Crippen LogP contribution in [0.1, 0.15) is 18.4 Å². The summed E-state index contributed by atoms with van der Waals surface area (Å²) in [4.78, 5) is 7.20. The second-order valence-electron chi connectivity index (χ2n) is 7.58. The molecule has 31 heavy (non-hydrogen) atoms. The highest BCUT2D eigenvalue weighted by Gasteiger charge is 2.34. The summed E-state index contributed by atoms with van der Waals surface area (Å²) in [5, 5.41) is 2.55. The van der Waals surface area contributed by atoms with Gasteiger partial charge in [0.05, 0.1) is 25.2 Å². The van der Waals surface area contributed by atoms with Crippen LogP contribution < -0.4 is 14.4 Å². The molecule has 1 saturated heterocycles. The largest absolute Gasteiger partial charge is 0.497 e. The van der Waals surface area contributed by atoms with E-state index in [-0.39, 0.29) is 4.90 Å². The first-order valence-corrected chi connectivity index (χ1v) is 12.6. The number of thiazole rings is 1. The summed E-state index contributed by atoms with van der Waals surface area (Å²) in [7, 11) is -0.527. The molecular weight excluding hydrogens is 432 g/mol. The fourth-order valence-corrected chi connectivity index (χ4v) is 6.72. The number of sulfone groups is 1. The number of rotatable bonds is 6. The van der Waals surface area contributed by atoms with Crippen LogP contribution in [0.15, 0.2) is 52.7 Å². The van der Waals surface area contributed by atoms with Gasteiger partial charge in [-0.1, -0.05) is 24.3 Å². The SMILES string of the molecule is COc1ccc(OC)c(S(=O)(=O)C2CCN(c3nc(-c4ccccc4C)cs3)CC2)c1. The molecule has 164 valence electrons. The summed E-state index contributed by atoms with van der Waals surface area (Å²) < 4.78 is 37.2. The number of anilines is 1. The fourth-order valence-electron chi connectivity index (χ4n) is 3.94. The smallest absolute Gasteiger partial charge is 0.185 e. The Morgan fingerprint density at radius 3 is 2.48 bits per heavy atom. The normalized spacial score (nSPS) is 15.1. The molecule has 2 aromatic carbocycles. The Labute approximate surface area is 187 Å². The van der Waals surface area contributed by atoms with Gasteiger partial charge < -0.3 is 14.4 Å². The van der Waals surface area contributed by atoms with E-state index in [0.717, 1.165) is 16.4 Å². The van der Waals surface area contributed by atoms with Gasteiger partial charge in [-0.25, -0.2) is 13.4 Å².